The van der Waals surface area contributed by atoms with Crippen molar-refractivity contribution in [1.82, 2.24) is 44.5 Å². The summed E-state index contributed by atoms with van der Waals surface area (Å²) < 4.78 is 9.24. The molecule has 0 radical (unpaired) electrons. The van der Waals surface area contributed by atoms with Crippen LogP contribution in [0.15, 0.2) is 47.5 Å². The Kier molecular flexibility index (Phi) is 4.57. The molecule has 172 valence electrons. The number of rotatable bonds is 4. The number of carbonyl (C=O) groups is 1. The first-order valence-corrected chi connectivity index (χ1v) is 11.1. The fourth-order valence-electron chi connectivity index (χ4n) is 4.55. The highest BCUT2D eigenvalue weighted by atomic mass is 16.4. The zero-order valence-corrected chi connectivity index (χ0v) is 19.0. The highest BCUT2D eigenvalue weighted by molar-refractivity contribution is 5.90. The lowest BCUT2D eigenvalue weighted by atomic mass is 9.98. The number of aromatic amines is 1. The minimum absolute atomic E-state index is 0.0746. The molecular formula is C23H23N9O2. The molecule has 0 bridgehead atoms. The average molecular weight is 457 g/mol. The van der Waals surface area contributed by atoms with Crippen LogP contribution in [0, 0.1) is 0 Å². The second-order valence-electron chi connectivity index (χ2n) is 8.75. The van der Waals surface area contributed by atoms with Gasteiger partial charge in [-0.25, -0.2) is 9.50 Å². The van der Waals surface area contributed by atoms with Gasteiger partial charge in [-0.1, -0.05) is 19.9 Å². The smallest absolute Gasteiger partial charge is 0.312 e. The van der Waals surface area contributed by atoms with Gasteiger partial charge in [-0.3, -0.25) is 9.48 Å². The third-order valence-electron chi connectivity index (χ3n) is 6.20. The van der Waals surface area contributed by atoms with E-state index in [1.54, 1.807) is 35.4 Å². The molecule has 6 rings (SSSR count). The molecule has 11 heteroatoms. The van der Waals surface area contributed by atoms with E-state index < -0.39 is 6.04 Å². The van der Waals surface area contributed by atoms with E-state index in [0.29, 0.717) is 24.4 Å². The van der Waals surface area contributed by atoms with Gasteiger partial charge < -0.3 is 14.3 Å². The number of aromatic nitrogens is 8. The molecule has 0 aliphatic carbocycles. The van der Waals surface area contributed by atoms with E-state index in [0.717, 1.165) is 22.6 Å². The molecule has 0 spiro atoms. The number of H-pyrrole nitrogens is 1. The highest BCUT2D eigenvalue weighted by Crippen LogP contribution is 2.35. The average Bonchev–Trinajstić information content (AvgIpc) is 3.62. The molecule has 0 fully saturated rings. The Morgan fingerprint density at radius 3 is 2.97 bits per heavy atom. The first kappa shape index (κ1) is 20.3. The summed E-state index contributed by atoms with van der Waals surface area (Å²) in [5, 5.41) is 17.0. The van der Waals surface area contributed by atoms with E-state index in [1.165, 1.54) is 5.56 Å². The molecule has 0 saturated carbocycles. The third kappa shape index (κ3) is 3.19. The van der Waals surface area contributed by atoms with Crippen molar-refractivity contribution in [2.24, 2.45) is 7.05 Å². The summed E-state index contributed by atoms with van der Waals surface area (Å²) in [6.45, 7) is 4.77. The zero-order valence-electron chi connectivity index (χ0n) is 19.0. The normalized spacial score (nSPS) is 15.9. The van der Waals surface area contributed by atoms with Gasteiger partial charge in [0.2, 0.25) is 0 Å². The molecule has 1 aliphatic heterocycles. The fourth-order valence-corrected chi connectivity index (χ4v) is 4.55. The Morgan fingerprint density at radius 1 is 1.29 bits per heavy atom. The van der Waals surface area contributed by atoms with Crippen LogP contribution in [0.1, 0.15) is 59.1 Å². The Morgan fingerprint density at radius 2 is 2.18 bits per heavy atom. The molecule has 1 aliphatic rings. The van der Waals surface area contributed by atoms with E-state index in [4.69, 9.17) is 9.52 Å². The van der Waals surface area contributed by atoms with E-state index in [-0.39, 0.29) is 17.7 Å². The van der Waals surface area contributed by atoms with Gasteiger partial charge in [0, 0.05) is 38.1 Å². The maximum absolute atomic E-state index is 13.6. The number of hydrogen-bond acceptors (Lipinski definition) is 7. The van der Waals surface area contributed by atoms with Gasteiger partial charge in [-0.2, -0.15) is 10.2 Å². The second-order valence-corrected chi connectivity index (χ2v) is 8.75. The lowest BCUT2D eigenvalue weighted by Crippen LogP contribution is -2.41. The molecular weight excluding hydrogens is 434 g/mol. The molecule has 1 amide bonds. The number of fused-ring (bicyclic) bond motifs is 2. The molecule has 11 nitrogen and oxygen atoms in total. The largest absolute Gasteiger partial charge is 0.412 e. The summed E-state index contributed by atoms with van der Waals surface area (Å²) in [7, 11) is 1.80. The minimum Gasteiger partial charge on any atom is -0.412 e. The van der Waals surface area contributed by atoms with E-state index >= 15 is 0 Å². The van der Waals surface area contributed by atoms with Crippen molar-refractivity contribution in [3.63, 3.8) is 0 Å². The standard InChI is InChI=1S/C23H23N9O2/c1-13(2)15-5-4-7-32-18(15)9-17(29-32)20-19-16(24-12-25-19)6-8-31(20)23(33)22-28-27-21(34-22)14-10-26-30(3)11-14/h4-5,7,9-13,20H,6,8H2,1-3H3,(H,24,25)/t20-/m0/s1. The molecule has 34 heavy (non-hydrogen) atoms. The zero-order chi connectivity index (χ0) is 23.4. The summed E-state index contributed by atoms with van der Waals surface area (Å²) >= 11 is 0. The SMILES string of the molecule is CC(C)c1cccn2nc([C@H]3c4nc[nH]c4CCN3C(=O)c3nnc(-c4cnn(C)c4)o3)cc12. The van der Waals surface area contributed by atoms with Gasteiger partial charge in [-0.15, -0.1) is 10.2 Å². The number of pyridine rings is 1. The van der Waals surface area contributed by atoms with Crippen LogP contribution in [0.4, 0.5) is 0 Å². The van der Waals surface area contributed by atoms with Gasteiger partial charge in [0.05, 0.1) is 35.0 Å². The lowest BCUT2D eigenvalue weighted by Gasteiger charge is -2.32. The number of aryl methyl sites for hydroxylation is 1. The number of imidazole rings is 1. The summed E-state index contributed by atoms with van der Waals surface area (Å²) in [5.41, 5.74) is 5.37. The van der Waals surface area contributed by atoms with Crippen LogP contribution in [-0.4, -0.2) is 56.9 Å². The number of hydrogen-bond donors (Lipinski definition) is 1. The van der Waals surface area contributed by atoms with Crippen LogP contribution in [0.2, 0.25) is 0 Å². The summed E-state index contributed by atoms with van der Waals surface area (Å²) in [6, 6.07) is 5.66. The van der Waals surface area contributed by atoms with Crippen LogP contribution in [0.25, 0.3) is 17.0 Å². The number of nitrogens with one attached hydrogen (secondary N) is 1. The van der Waals surface area contributed by atoms with Crippen LogP contribution in [0.5, 0.6) is 0 Å². The topological polar surface area (TPSA) is 123 Å². The predicted molar refractivity (Wildman–Crippen MR) is 121 cm³/mol. The van der Waals surface area contributed by atoms with Crippen molar-refractivity contribution in [3.8, 4) is 11.5 Å². The Balaban J connectivity index is 1.41. The third-order valence-corrected chi connectivity index (χ3v) is 6.20. The highest BCUT2D eigenvalue weighted by Gasteiger charge is 2.38. The van der Waals surface area contributed by atoms with E-state index in [1.807, 2.05) is 22.8 Å². The quantitative estimate of drug-likeness (QED) is 0.440. The van der Waals surface area contributed by atoms with Crippen LogP contribution in [0.3, 0.4) is 0 Å². The monoisotopic (exact) mass is 457 g/mol. The maximum atomic E-state index is 13.6. The van der Waals surface area contributed by atoms with Gasteiger partial charge in [0.1, 0.15) is 6.04 Å². The predicted octanol–water partition coefficient (Wildman–Crippen LogP) is 2.75. The van der Waals surface area contributed by atoms with Crippen LogP contribution in [-0.2, 0) is 13.5 Å². The van der Waals surface area contributed by atoms with Crippen LogP contribution >= 0.6 is 0 Å². The summed E-state index contributed by atoms with van der Waals surface area (Å²) in [4.78, 5) is 23.1. The van der Waals surface area contributed by atoms with Crippen molar-refractivity contribution >= 4 is 11.4 Å². The van der Waals surface area contributed by atoms with E-state index in [2.05, 4.69) is 45.2 Å². The van der Waals surface area contributed by atoms with Crippen molar-refractivity contribution in [3.05, 3.63) is 71.7 Å². The molecule has 1 N–H and O–H groups in total. The van der Waals surface area contributed by atoms with Crippen molar-refractivity contribution in [2.45, 2.75) is 32.2 Å². The van der Waals surface area contributed by atoms with Gasteiger partial charge in [0.15, 0.2) is 0 Å². The van der Waals surface area contributed by atoms with Crippen molar-refractivity contribution < 1.29 is 9.21 Å². The molecule has 0 saturated heterocycles. The molecule has 0 aromatic carbocycles. The van der Waals surface area contributed by atoms with Crippen molar-refractivity contribution in [1.29, 1.82) is 0 Å². The molecule has 1 atom stereocenters. The fraction of sp³-hybridized carbons (Fsp3) is 0.304. The maximum Gasteiger partial charge on any atom is 0.312 e. The van der Waals surface area contributed by atoms with Gasteiger partial charge in [-0.05, 0) is 23.6 Å². The number of amides is 1. The van der Waals surface area contributed by atoms with Gasteiger partial charge >= 0.3 is 11.8 Å². The number of nitrogens with zero attached hydrogens (tertiary/aromatic N) is 8. The van der Waals surface area contributed by atoms with Crippen molar-refractivity contribution in [2.75, 3.05) is 6.54 Å². The first-order chi connectivity index (χ1) is 16.5. The second kappa shape index (κ2) is 7.65. The lowest BCUT2D eigenvalue weighted by molar-refractivity contribution is 0.0646. The molecule has 6 heterocycles. The summed E-state index contributed by atoms with van der Waals surface area (Å²) in [6.07, 6.45) is 7.60. The molecule has 5 aromatic rings. The summed E-state index contributed by atoms with van der Waals surface area (Å²) in [5.74, 6) is 0.152. The van der Waals surface area contributed by atoms with E-state index in [9.17, 15) is 4.79 Å². The number of carbonyl (C=O) groups excluding carboxylic acids is 1. The minimum atomic E-state index is -0.476. The Hall–Kier alpha value is -4.28. The Labute approximate surface area is 194 Å². The molecule has 5 aromatic heterocycles. The van der Waals surface area contributed by atoms with Gasteiger partial charge in [0.25, 0.3) is 5.89 Å². The molecule has 0 unspecified atom stereocenters. The first-order valence-electron chi connectivity index (χ1n) is 11.1. The van der Waals surface area contributed by atoms with Crippen LogP contribution < -0.4 is 0 Å². The Bertz CT molecular complexity index is 1510.